The smallest absolute Gasteiger partial charge is 0.338 e. The molecule has 2 aliphatic carbocycles. The lowest BCUT2D eigenvalue weighted by Crippen LogP contribution is -2.83. The number of hydrogen-bond donors (Lipinski definition) is 1. The second kappa shape index (κ2) is 13.8. The van der Waals surface area contributed by atoms with E-state index in [9.17, 15) is 29.1 Å². The van der Waals surface area contributed by atoms with Crippen molar-refractivity contribution >= 4 is 29.8 Å². The molecule has 1 spiro atoms. The summed E-state index contributed by atoms with van der Waals surface area (Å²) in [6.45, 7) is 13.9. The molecule has 1 aromatic carbocycles. The fourth-order valence-corrected chi connectivity index (χ4v) is 7.90. The molecule has 12 nitrogen and oxygen atoms in total. The van der Waals surface area contributed by atoms with Crippen LogP contribution in [0.5, 0.6) is 0 Å². The van der Waals surface area contributed by atoms with Crippen molar-refractivity contribution in [1.82, 2.24) is 0 Å². The highest BCUT2D eigenvalue weighted by Crippen LogP contribution is 2.69. The molecule has 2 bridgehead atoms. The normalized spacial score (nSPS) is 34.5. The third-order valence-electron chi connectivity index (χ3n) is 10.7. The monoisotopic (exact) mass is 674 g/mol. The molecule has 3 fully saturated rings. The first-order valence-electron chi connectivity index (χ1n) is 16.8. The molecular weight excluding hydrogens is 624 g/mol. The highest BCUT2D eigenvalue weighted by Gasteiger charge is 2.86. The van der Waals surface area contributed by atoms with E-state index in [1.165, 1.54) is 20.8 Å². The molecule has 266 valence electrons. The average molecular weight is 675 g/mol. The molecule has 0 amide bonds. The molecule has 1 aliphatic heterocycles. The largest absolute Gasteiger partial charge is 0.464 e. The predicted octanol–water partition coefficient (Wildman–Crippen LogP) is 4.33. The van der Waals surface area contributed by atoms with E-state index in [-0.39, 0.29) is 18.4 Å². The number of carbonyl (C=O) groups excluding carboxylic acids is 5. The highest BCUT2D eigenvalue weighted by molar-refractivity contribution is 5.89. The second-order valence-electron chi connectivity index (χ2n) is 14.3. The summed E-state index contributed by atoms with van der Waals surface area (Å²) in [5.74, 6) is -5.09. The van der Waals surface area contributed by atoms with E-state index < -0.39 is 101 Å². The zero-order valence-electron chi connectivity index (χ0n) is 29.4. The lowest BCUT2D eigenvalue weighted by atomic mass is 9.46. The maximum atomic E-state index is 13.9. The van der Waals surface area contributed by atoms with Gasteiger partial charge in [-0.2, -0.15) is 0 Å². The maximum Gasteiger partial charge on any atom is 0.338 e. The Morgan fingerprint density at radius 3 is 2.00 bits per heavy atom. The van der Waals surface area contributed by atoms with Gasteiger partial charge in [0.25, 0.3) is 0 Å². The van der Waals surface area contributed by atoms with Gasteiger partial charge in [-0.25, -0.2) is 4.79 Å². The topological polar surface area (TPSA) is 161 Å². The van der Waals surface area contributed by atoms with Crippen molar-refractivity contribution in [3.63, 3.8) is 0 Å². The van der Waals surface area contributed by atoms with Gasteiger partial charge in [0.1, 0.15) is 30.3 Å². The summed E-state index contributed by atoms with van der Waals surface area (Å²) in [5, 5.41) is 12.7. The molecule has 48 heavy (non-hydrogen) atoms. The van der Waals surface area contributed by atoms with Crippen molar-refractivity contribution in [2.45, 2.75) is 129 Å². The van der Waals surface area contributed by atoms with Gasteiger partial charge in [0.05, 0.1) is 28.6 Å². The molecule has 1 N–H and O–H groups in total. The number of esters is 5. The van der Waals surface area contributed by atoms with Gasteiger partial charge in [-0.3, -0.25) is 19.2 Å². The number of aliphatic hydroxyl groups is 1. The summed E-state index contributed by atoms with van der Waals surface area (Å²) in [6.07, 6.45) is -4.69. The molecule has 0 radical (unpaired) electrons. The number of ether oxygens (including phenoxy) is 6. The second-order valence-corrected chi connectivity index (χ2v) is 14.3. The quantitative estimate of drug-likeness (QED) is 0.262. The van der Waals surface area contributed by atoms with Crippen LogP contribution in [0.4, 0.5) is 0 Å². The number of hydrogen-bond acceptors (Lipinski definition) is 12. The Bertz CT molecular complexity index is 1390. The summed E-state index contributed by atoms with van der Waals surface area (Å²) < 4.78 is 37.4. The Kier molecular flexibility index (Phi) is 10.7. The van der Waals surface area contributed by atoms with Gasteiger partial charge >= 0.3 is 29.8 Å². The first kappa shape index (κ1) is 37.3. The summed E-state index contributed by atoms with van der Waals surface area (Å²) in [5.41, 5.74) is -6.90. The Morgan fingerprint density at radius 1 is 0.854 bits per heavy atom. The molecular formula is C36H50O12. The highest BCUT2D eigenvalue weighted by atomic mass is 16.6. The van der Waals surface area contributed by atoms with Gasteiger partial charge in [0.15, 0.2) is 11.7 Å². The Hall–Kier alpha value is -3.51. The van der Waals surface area contributed by atoms with Crippen molar-refractivity contribution in [2.24, 2.45) is 23.2 Å². The summed E-state index contributed by atoms with van der Waals surface area (Å²) >= 11 is 0. The molecule has 1 aromatic rings. The molecule has 2 saturated carbocycles. The fourth-order valence-electron chi connectivity index (χ4n) is 7.90. The minimum atomic E-state index is -2.01. The Morgan fingerprint density at radius 2 is 1.44 bits per heavy atom. The first-order chi connectivity index (χ1) is 22.4. The summed E-state index contributed by atoms with van der Waals surface area (Å²) in [4.78, 5) is 66.4. The minimum absolute atomic E-state index is 0.0119. The summed E-state index contributed by atoms with van der Waals surface area (Å²) in [7, 11) is 0. The van der Waals surface area contributed by atoms with Crippen LogP contribution in [-0.4, -0.2) is 82.8 Å². The number of fused-ring (bicyclic) bond motifs is 1. The van der Waals surface area contributed by atoms with E-state index in [0.29, 0.717) is 12.8 Å². The van der Waals surface area contributed by atoms with E-state index in [2.05, 4.69) is 0 Å². The van der Waals surface area contributed by atoms with E-state index in [4.69, 9.17) is 28.4 Å². The standard InChI is InChI=1S/C36H50O12/c1-10-20(3)30(39)43-19-35-27(46-31(40)21(4)11-2)17-25-28(45-23(6)38)36(35,48-33(25,7)8)34(9,42)18-26(44-22(5)37)29(35)47-32(41)24-15-13-12-14-16-24/h12-16,20-21,25-29,42H,10-11,17-19H2,1-9H3. The lowest BCUT2D eigenvalue weighted by molar-refractivity contribution is -0.355. The zero-order valence-corrected chi connectivity index (χ0v) is 29.4. The predicted molar refractivity (Wildman–Crippen MR) is 170 cm³/mol. The SMILES string of the molecule is CCC(C)C(=O)OCC12C(OC(=O)C(C)CC)CC3C(OC(C)=O)C1(OC3(C)C)C(C)(O)CC(OC(C)=O)C2OC(=O)c1ccccc1. The van der Waals surface area contributed by atoms with E-state index in [1.807, 2.05) is 13.8 Å². The Labute approximate surface area is 282 Å². The minimum Gasteiger partial charge on any atom is -0.464 e. The lowest BCUT2D eigenvalue weighted by Gasteiger charge is -2.65. The number of rotatable bonds is 11. The number of carbonyl (C=O) groups is 5. The van der Waals surface area contributed by atoms with Crippen molar-refractivity contribution in [3.8, 4) is 0 Å². The van der Waals surface area contributed by atoms with Gasteiger partial charge in [-0.15, -0.1) is 0 Å². The average Bonchev–Trinajstić information content (AvgIpc) is 3.19. The van der Waals surface area contributed by atoms with Gasteiger partial charge in [-0.05, 0) is 52.2 Å². The molecule has 3 aliphatic rings. The van der Waals surface area contributed by atoms with Crippen molar-refractivity contribution in [3.05, 3.63) is 35.9 Å². The molecule has 10 unspecified atom stereocenters. The van der Waals surface area contributed by atoms with Crippen LogP contribution in [0.25, 0.3) is 0 Å². The number of benzene rings is 1. The molecule has 1 saturated heterocycles. The van der Waals surface area contributed by atoms with Gasteiger partial charge in [0.2, 0.25) is 0 Å². The van der Waals surface area contributed by atoms with E-state index in [1.54, 1.807) is 58.0 Å². The van der Waals surface area contributed by atoms with E-state index in [0.717, 1.165) is 0 Å². The Balaban J connectivity index is 2.09. The van der Waals surface area contributed by atoms with Crippen LogP contribution in [-0.2, 0) is 47.6 Å². The van der Waals surface area contributed by atoms with Crippen molar-refractivity contribution in [2.75, 3.05) is 6.61 Å². The van der Waals surface area contributed by atoms with Crippen molar-refractivity contribution in [1.29, 1.82) is 0 Å². The fraction of sp³-hybridized carbons (Fsp3) is 0.694. The van der Waals surface area contributed by atoms with E-state index >= 15 is 0 Å². The zero-order chi connectivity index (χ0) is 35.8. The van der Waals surface area contributed by atoms with Crippen LogP contribution in [0.15, 0.2) is 30.3 Å². The van der Waals surface area contributed by atoms with Gasteiger partial charge in [0, 0.05) is 26.2 Å². The van der Waals surface area contributed by atoms with Crippen LogP contribution in [0, 0.1) is 23.2 Å². The van der Waals surface area contributed by atoms with Gasteiger partial charge in [-0.1, -0.05) is 45.9 Å². The maximum absolute atomic E-state index is 13.9. The van der Waals surface area contributed by atoms with Crippen molar-refractivity contribution < 1.29 is 57.5 Å². The van der Waals surface area contributed by atoms with Crippen LogP contribution in [0.3, 0.4) is 0 Å². The third kappa shape index (κ3) is 6.33. The van der Waals surface area contributed by atoms with Crippen LogP contribution in [0.1, 0.15) is 98.4 Å². The van der Waals surface area contributed by atoms with Gasteiger partial charge < -0.3 is 33.5 Å². The summed E-state index contributed by atoms with van der Waals surface area (Å²) in [6, 6.07) is 8.12. The molecule has 4 rings (SSSR count). The van der Waals surface area contributed by atoms with Crippen LogP contribution in [0.2, 0.25) is 0 Å². The third-order valence-corrected chi connectivity index (χ3v) is 10.7. The molecule has 0 aromatic heterocycles. The molecule has 10 atom stereocenters. The first-order valence-corrected chi connectivity index (χ1v) is 16.8. The van der Waals surface area contributed by atoms with Crippen LogP contribution >= 0.6 is 0 Å². The molecule has 12 heteroatoms. The van der Waals surface area contributed by atoms with Crippen LogP contribution < -0.4 is 0 Å². The molecule has 1 heterocycles.